The number of nitrogens with two attached hydrogens (primary N) is 2. The van der Waals surface area contributed by atoms with E-state index in [4.69, 9.17) is 16.6 Å². The number of fused-ring (bicyclic) bond motifs is 1. The molecule has 0 aromatic carbocycles. The van der Waals surface area contributed by atoms with Gasteiger partial charge in [0.1, 0.15) is 17.1 Å². The Morgan fingerprint density at radius 3 is 2.54 bits per heavy atom. The Labute approximate surface area is 173 Å². The largest absolute Gasteiger partial charge is 0.477 e. The van der Waals surface area contributed by atoms with Gasteiger partial charge in [0.25, 0.3) is 0 Å². The molecular weight excluding hydrogens is 429 g/mol. The van der Waals surface area contributed by atoms with Gasteiger partial charge in [0, 0.05) is 18.5 Å². The predicted octanol–water partition coefficient (Wildman–Crippen LogP) is -0.844. The SMILES string of the molecule is Cl.Cl.Cl.NC1C=CN(CC2=C(C(=O)O)N3C(=O)[C@@H](N)C3SC2)N1CCO. The summed E-state index contributed by atoms with van der Waals surface area (Å²) in [4.78, 5) is 24.8. The van der Waals surface area contributed by atoms with E-state index in [2.05, 4.69) is 0 Å². The van der Waals surface area contributed by atoms with Gasteiger partial charge < -0.3 is 26.7 Å². The molecule has 150 valence electrons. The number of thioether (sulfide) groups is 1. The summed E-state index contributed by atoms with van der Waals surface area (Å²) in [6.07, 6.45) is 3.16. The maximum atomic E-state index is 11.9. The van der Waals surface area contributed by atoms with Gasteiger partial charge in [-0.25, -0.2) is 4.79 Å². The molecule has 1 amide bonds. The Bertz CT molecular complexity index is 608. The fourth-order valence-corrected chi connectivity index (χ4v) is 4.25. The lowest BCUT2D eigenvalue weighted by atomic mass is 10.0. The van der Waals surface area contributed by atoms with Crippen molar-refractivity contribution < 1.29 is 19.8 Å². The van der Waals surface area contributed by atoms with Gasteiger partial charge in [0.2, 0.25) is 5.91 Å². The Kier molecular flexibility index (Phi) is 9.72. The van der Waals surface area contributed by atoms with E-state index < -0.39 is 12.0 Å². The first-order valence-corrected chi connectivity index (χ1v) is 8.24. The van der Waals surface area contributed by atoms with Gasteiger partial charge in [-0.2, -0.15) is 5.01 Å². The molecule has 2 unspecified atom stereocenters. The normalized spacial score (nSPS) is 27.2. The Morgan fingerprint density at radius 2 is 1.96 bits per heavy atom. The maximum absolute atomic E-state index is 11.9. The molecule has 3 heterocycles. The highest BCUT2D eigenvalue weighted by molar-refractivity contribution is 8.00. The molecule has 26 heavy (non-hydrogen) atoms. The topological polar surface area (TPSA) is 136 Å². The first-order valence-electron chi connectivity index (χ1n) is 7.19. The number of hydrazine groups is 1. The van der Waals surface area contributed by atoms with Crippen LogP contribution in [-0.2, 0) is 9.59 Å². The van der Waals surface area contributed by atoms with Gasteiger partial charge in [-0.3, -0.25) is 9.69 Å². The monoisotopic (exact) mass is 449 g/mol. The van der Waals surface area contributed by atoms with Crippen LogP contribution in [-0.4, -0.2) is 80.0 Å². The van der Waals surface area contributed by atoms with Gasteiger partial charge in [-0.15, -0.1) is 49.0 Å². The Balaban J connectivity index is 0.00000208. The van der Waals surface area contributed by atoms with E-state index in [0.717, 1.165) is 0 Å². The number of aliphatic hydroxyl groups excluding tert-OH is 1. The second kappa shape index (κ2) is 10.00. The molecule has 0 aliphatic carbocycles. The molecule has 3 rings (SSSR count). The third-order valence-electron chi connectivity index (χ3n) is 4.10. The molecule has 1 fully saturated rings. The van der Waals surface area contributed by atoms with Crippen LogP contribution in [0.25, 0.3) is 0 Å². The average molecular weight is 451 g/mol. The number of rotatable bonds is 5. The number of hydrogen-bond donors (Lipinski definition) is 4. The number of carbonyl (C=O) groups excluding carboxylic acids is 1. The molecule has 0 saturated carbocycles. The molecule has 3 aliphatic heterocycles. The molecule has 3 atom stereocenters. The van der Waals surface area contributed by atoms with Crippen molar-refractivity contribution in [3.63, 3.8) is 0 Å². The minimum atomic E-state index is -1.13. The fraction of sp³-hybridized carbons (Fsp3) is 0.538. The zero-order valence-corrected chi connectivity index (χ0v) is 16.8. The number of carbonyl (C=O) groups is 2. The van der Waals surface area contributed by atoms with Gasteiger partial charge in [-0.1, -0.05) is 0 Å². The highest BCUT2D eigenvalue weighted by atomic mass is 35.5. The molecule has 0 aromatic rings. The molecule has 0 radical (unpaired) electrons. The Morgan fingerprint density at radius 1 is 1.31 bits per heavy atom. The number of aliphatic hydroxyl groups is 1. The molecule has 0 aromatic heterocycles. The molecule has 9 nitrogen and oxygen atoms in total. The van der Waals surface area contributed by atoms with E-state index in [9.17, 15) is 14.7 Å². The second-order valence-electron chi connectivity index (χ2n) is 5.51. The van der Waals surface area contributed by atoms with Crippen molar-refractivity contribution in [3.05, 3.63) is 23.5 Å². The van der Waals surface area contributed by atoms with E-state index in [0.29, 0.717) is 24.4 Å². The lowest BCUT2D eigenvalue weighted by Crippen LogP contribution is -2.68. The van der Waals surface area contributed by atoms with E-state index in [1.54, 1.807) is 22.3 Å². The van der Waals surface area contributed by atoms with Crippen LogP contribution >= 0.6 is 49.0 Å². The smallest absolute Gasteiger partial charge is 0.352 e. The van der Waals surface area contributed by atoms with Gasteiger partial charge in [0.05, 0.1) is 19.3 Å². The molecule has 6 N–H and O–H groups in total. The average Bonchev–Trinajstić information content (AvgIpc) is 2.87. The van der Waals surface area contributed by atoms with E-state index in [1.807, 2.05) is 0 Å². The number of β-lactam (4-membered cyclic amide) rings is 1. The zero-order chi connectivity index (χ0) is 16.7. The minimum absolute atomic E-state index is 0. The summed E-state index contributed by atoms with van der Waals surface area (Å²) in [6, 6.07) is -0.637. The quantitative estimate of drug-likeness (QED) is 0.395. The molecular formula is C13H22Cl3N5O4S. The molecule has 1 saturated heterocycles. The molecule has 3 aliphatic rings. The number of hydrogen-bond acceptors (Lipinski definition) is 8. The summed E-state index contributed by atoms with van der Waals surface area (Å²) >= 11 is 1.46. The lowest BCUT2D eigenvalue weighted by Gasteiger charge is -2.48. The molecule has 0 spiro atoms. The van der Waals surface area contributed by atoms with Crippen LogP contribution < -0.4 is 11.5 Å². The van der Waals surface area contributed by atoms with Gasteiger partial charge in [0.15, 0.2) is 0 Å². The van der Waals surface area contributed by atoms with Crippen LogP contribution in [0.2, 0.25) is 0 Å². The van der Waals surface area contributed by atoms with Crippen molar-refractivity contribution >= 4 is 60.9 Å². The summed E-state index contributed by atoms with van der Waals surface area (Å²) in [7, 11) is 0. The third-order valence-corrected chi connectivity index (χ3v) is 5.46. The van der Waals surface area contributed by atoms with Crippen LogP contribution in [0.3, 0.4) is 0 Å². The van der Waals surface area contributed by atoms with E-state index >= 15 is 0 Å². The maximum Gasteiger partial charge on any atom is 0.352 e. The number of aliphatic carboxylic acids is 1. The lowest BCUT2D eigenvalue weighted by molar-refractivity contribution is -0.148. The van der Waals surface area contributed by atoms with Crippen LogP contribution in [0, 0.1) is 0 Å². The summed E-state index contributed by atoms with van der Waals surface area (Å²) in [5, 5.41) is 21.9. The molecule has 0 bridgehead atoms. The number of carboxylic acids is 1. The van der Waals surface area contributed by atoms with Crippen molar-refractivity contribution in [3.8, 4) is 0 Å². The fourth-order valence-electron chi connectivity index (χ4n) is 2.96. The summed E-state index contributed by atoms with van der Waals surface area (Å²) in [5.41, 5.74) is 12.3. The second-order valence-corrected chi connectivity index (χ2v) is 6.61. The van der Waals surface area contributed by atoms with Crippen molar-refractivity contribution in [2.45, 2.75) is 17.6 Å². The van der Waals surface area contributed by atoms with E-state index in [-0.39, 0.29) is 67.0 Å². The van der Waals surface area contributed by atoms with Crippen molar-refractivity contribution in [2.24, 2.45) is 11.5 Å². The highest BCUT2D eigenvalue weighted by Crippen LogP contribution is 2.39. The zero-order valence-electron chi connectivity index (χ0n) is 13.6. The number of carboxylic acid groups (broad SMARTS) is 1. The van der Waals surface area contributed by atoms with Crippen LogP contribution in [0.15, 0.2) is 23.5 Å². The predicted molar refractivity (Wildman–Crippen MR) is 105 cm³/mol. The minimum Gasteiger partial charge on any atom is -0.477 e. The van der Waals surface area contributed by atoms with Gasteiger partial charge in [-0.05, 0) is 11.6 Å². The number of β-amino-alcohol motifs (C(OH)–C–C–N with tert-alkyl or cyclic N) is 1. The summed E-state index contributed by atoms with van der Waals surface area (Å²) in [6.45, 7) is 0.574. The number of halogens is 3. The summed E-state index contributed by atoms with van der Waals surface area (Å²) in [5.74, 6) is -1.01. The standard InChI is InChI=1S/C13H19N5O4S.3ClH/c14-8-1-2-16(17(8)3-4-19)5-7-6-23-12-9(15)11(20)18(12)10(7)13(21)22;;;/h1-2,8-9,12,19H,3-6,14-15H2,(H,21,22);3*1H/t8?,9-,12?;;;/m1.../s1. The Hall–Kier alpha value is -0.720. The van der Waals surface area contributed by atoms with Crippen molar-refractivity contribution in [1.82, 2.24) is 14.9 Å². The highest BCUT2D eigenvalue weighted by Gasteiger charge is 2.51. The van der Waals surface area contributed by atoms with Crippen molar-refractivity contribution in [1.29, 1.82) is 0 Å². The molecule has 13 heteroatoms. The third kappa shape index (κ3) is 4.23. The number of amides is 1. The van der Waals surface area contributed by atoms with E-state index in [1.165, 1.54) is 16.7 Å². The summed E-state index contributed by atoms with van der Waals surface area (Å²) < 4.78 is 0. The first kappa shape index (κ1) is 25.3. The van der Waals surface area contributed by atoms with Gasteiger partial charge >= 0.3 is 5.97 Å². The first-order chi connectivity index (χ1) is 11.0. The van der Waals surface area contributed by atoms with Crippen molar-refractivity contribution in [2.75, 3.05) is 25.4 Å². The number of nitrogens with zero attached hydrogens (tertiary/aromatic N) is 3. The van der Waals surface area contributed by atoms with Crippen LogP contribution in [0.5, 0.6) is 0 Å². The van der Waals surface area contributed by atoms with Crippen LogP contribution in [0.1, 0.15) is 0 Å². The van der Waals surface area contributed by atoms with Crippen LogP contribution in [0.4, 0.5) is 0 Å².